The molecule has 0 fully saturated rings. The van der Waals surface area contributed by atoms with Crippen molar-refractivity contribution in [2.45, 2.75) is 5.75 Å². The molecule has 1 heterocycles. The van der Waals surface area contributed by atoms with Gasteiger partial charge < -0.3 is 4.55 Å². The van der Waals surface area contributed by atoms with Crippen LogP contribution < -0.4 is 0 Å². The first-order valence-electron chi connectivity index (χ1n) is 7.09. The summed E-state index contributed by atoms with van der Waals surface area (Å²) in [7, 11) is 0. The van der Waals surface area contributed by atoms with E-state index in [0.717, 1.165) is 16.7 Å². The topological polar surface area (TPSA) is 53.0 Å². The quantitative estimate of drug-likeness (QED) is 0.639. The first kappa shape index (κ1) is 16.8. The molecule has 0 N–H and O–H groups in total. The van der Waals surface area contributed by atoms with Gasteiger partial charge in [-0.25, -0.2) is 4.39 Å². The molecule has 0 bridgehead atoms. The van der Waals surface area contributed by atoms with E-state index in [0.29, 0.717) is 10.6 Å². The lowest BCUT2D eigenvalue weighted by Gasteiger charge is -2.12. The van der Waals surface area contributed by atoms with Gasteiger partial charge in [-0.2, -0.15) is 0 Å². The molecule has 0 amide bonds. The highest BCUT2D eigenvalue weighted by molar-refractivity contribution is 7.78. The molecular formula is C18H12ClFNO2S-. The molecule has 0 saturated heterocycles. The predicted octanol–water partition coefficient (Wildman–Crippen LogP) is 4.59. The third-order valence-corrected chi connectivity index (χ3v) is 4.38. The van der Waals surface area contributed by atoms with Gasteiger partial charge in [0, 0.05) is 28.7 Å². The maximum Gasteiger partial charge on any atom is 0.127 e. The van der Waals surface area contributed by atoms with Crippen LogP contribution in [0.4, 0.5) is 4.39 Å². The maximum atomic E-state index is 14.2. The molecule has 3 aromatic rings. The number of aromatic nitrogens is 1. The van der Waals surface area contributed by atoms with Gasteiger partial charge in [-0.05, 0) is 46.5 Å². The van der Waals surface area contributed by atoms with Crippen LogP contribution in [0.5, 0.6) is 0 Å². The predicted molar refractivity (Wildman–Crippen MR) is 92.7 cm³/mol. The molecule has 3 nitrogen and oxygen atoms in total. The molecule has 0 spiro atoms. The summed E-state index contributed by atoms with van der Waals surface area (Å²) in [5.41, 5.74) is 3.27. The Hall–Kier alpha value is -2.08. The Bertz CT molecular complexity index is 917. The Morgan fingerprint density at radius 1 is 1.08 bits per heavy atom. The van der Waals surface area contributed by atoms with Crippen molar-refractivity contribution >= 4 is 22.7 Å². The molecule has 0 radical (unpaired) electrons. The van der Waals surface area contributed by atoms with Gasteiger partial charge in [-0.15, -0.1) is 0 Å². The zero-order chi connectivity index (χ0) is 17.1. The van der Waals surface area contributed by atoms with Crippen LogP contribution in [0.25, 0.3) is 22.3 Å². The lowest BCUT2D eigenvalue weighted by atomic mass is 9.96. The molecule has 0 aliphatic carbocycles. The summed E-state index contributed by atoms with van der Waals surface area (Å²) in [5.74, 6) is -0.905. The van der Waals surface area contributed by atoms with Gasteiger partial charge in [0.15, 0.2) is 0 Å². The smallest absolute Gasteiger partial charge is 0.127 e. The lowest BCUT2D eigenvalue weighted by molar-refractivity contribution is 0.533. The highest BCUT2D eigenvalue weighted by Gasteiger charge is 2.11. The largest absolute Gasteiger partial charge is 0.772 e. The summed E-state index contributed by atoms with van der Waals surface area (Å²) < 4.78 is 35.7. The minimum atomic E-state index is -2.33. The van der Waals surface area contributed by atoms with E-state index in [-0.39, 0.29) is 11.3 Å². The Morgan fingerprint density at radius 3 is 2.58 bits per heavy atom. The highest BCUT2D eigenvalue weighted by Crippen LogP contribution is 2.33. The molecular weight excluding hydrogens is 349 g/mol. The molecule has 24 heavy (non-hydrogen) atoms. The first-order chi connectivity index (χ1) is 11.5. The fraction of sp³-hybridized carbons (Fsp3) is 0.0556. The van der Waals surface area contributed by atoms with Crippen molar-refractivity contribution in [3.63, 3.8) is 0 Å². The molecule has 122 valence electrons. The highest BCUT2D eigenvalue weighted by atomic mass is 35.5. The summed E-state index contributed by atoms with van der Waals surface area (Å²) >= 11 is 3.72. The van der Waals surface area contributed by atoms with E-state index in [1.54, 1.807) is 24.5 Å². The van der Waals surface area contributed by atoms with E-state index < -0.39 is 16.9 Å². The third-order valence-electron chi connectivity index (χ3n) is 3.59. The summed E-state index contributed by atoms with van der Waals surface area (Å²) in [5, 5.41) is 0.606. The zero-order valence-corrected chi connectivity index (χ0v) is 14.0. The SMILES string of the molecule is O=S([O-])Cc1ccc(-c2cnccc2-c2cccc(Cl)c2)cc1F. The van der Waals surface area contributed by atoms with E-state index >= 15 is 0 Å². The van der Waals surface area contributed by atoms with Gasteiger partial charge in [0.1, 0.15) is 5.82 Å². The second-order valence-electron chi connectivity index (χ2n) is 5.19. The summed E-state index contributed by atoms with van der Waals surface area (Å²) in [6, 6.07) is 13.7. The third kappa shape index (κ3) is 3.70. The van der Waals surface area contributed by atoms with E-state index in [9.17, 15) is 13.2 Å². The van der Waals surface area contributed by atoms with Crippen LogP contribution in [0.1, 0.15) is 5.56 Å². The maximum absolute atomic E-state index is 14.2. The lowest BCUT2D eigenvalue weighted by Crippen LogP contribution is -1.97. The Labute approximate surface area is 146 Å². The van der Waals surface area contributed by atoms with Gasteiger partial charge in [-0.3, -0.25) is 9.19 Å². The van der Waals surface area contributed by atoms with E-state index in [2.05, 4.69) is 4.98 Å². The monoisotopic (exact) mass is 360 g/mol. The average molecular weight is 361 g/mol. The van der Waals surface area contributed by atoms with E-state index in [1.807, 2.05) is 24.3 Å². The Morgan fingerprint density at radius 2 is 1.88 bits per heavy atom. The van der Waals surface area contributed by atoms with Gasteiger partial charge in [0.25, 0.3) is 0 Å². The van der Waals surface area contributed by atoms with Crippen molar-refractivity contribution in [1.29, 1.82) is 0 Å². The normalized spacial score (nSPS) is 12.1. The van der Waals surface area contributed by atoms with Crippen molar-refractivity contribution < 1.29 is 13.2 Å². The summed E-state index contributed by atoms with van der Waals surface area (Å²) in [4.78, 5) is 4.12. The number of hydrogen-bond donors (Lipinski definition) is 0. The van der Waals surface area contributed by atoms with Crippen molar-refractivity contribution in [3.05, 3.63) is 77.3 Å². The number of halogens is 2. The minimum absolute atomic E-state index is 0.139. The summed E-state index contributed by atoms with van der Waals surface area (Å²) in [6.45, 7) is 0. The van der Waals surface area contributed by atoms with E-state index in [4.69, 9.17) is 11.6 Å². The standard InChI is InChI=1S/C18H13ClFNO2S/c19-15-3-1-2-12(8-15)16-6-7-21-10-17(16)13-4-5-14(11-24(22)23)18(20)9-13/h1-10H,11H2,(H,22,23)/p-1. The fourth-order valence-corrected chi connectivity index (χ4v) is 3.17. The Kier molecular flexibility index (Phi) is 5.04. The van der Waals surface area contributed by atoms with Crippen LogP contribution >= 0.6 is 11.6 Å². The van der Waals surface area contributed by atoms with Crippen LogP contribution in [-0.2, 0) is 16.8 Å². The molecule has 6 heteroatoms. The fourth-order valence-electron chi connectivity index (χ4n) is 2.49. The number of hydrogen-bond acceptors (Lipinski definition) is 3. The van der Waals surface area contributed by atoms with Crippen molar-refractivity contribution in [3.8, 4) is 22.3 Å². The zero-order valence-electron chi connectivity index (χ0n) is 12.4. The summed E-state index contributed by atoms with van der Waals surface area (Å²) in [6.07, 6.45) is 3.31. The van der Waals surface area contributed by atoms with Crippen molar-refractivity contribution in [1.82, 2.24) is 4.98 Å². The van der Waals surface area contributed by atoms with Gasteiger partial charge in [-0.1, -0.05) is 46.9 Å². The number of pyridine rings is 1. The molecule has 1 aromatic heterocycles. The Balaban J connectivity index is 2.08. The van der Waals surface area contributed by atoms with Crippen LogP contribution in [0.2, 0.25) is 5.02 Å². The molecule has 0 saturated carbocycles. The average Bonchev–Trinajstić information content (AvgIpc) is 2.56. The van der Waals surface area contributed by atoms with Crippen LogP contribution in [0, 0.1) is 5.82 Å². The van der Waals surface area contributed by atoms with Crippen molar-refractivity contribution in [2.24, 2.45) is 0 Å². The van der Waals surface area contributed by atoms with Crippen LogP contribution in [0.3, 0.4) is 0 Å². The van der Waals surface area contributed by atoms with Crippen LogP contribution in [-0.4, -0.2) is 13.7 Å². The second kappa shape index (κ2) is 7.21. The molecule has 2 aromatic carbocycles. The van der Waals surface area contributed by atoms with E-state index in [1.165, 1.54) is 12.1 Å². The molecule has 0 aliphatic rings. The van der Waals surface area contributed by atoms with Gasteiger partial charge >= 0.3 is 0 Å². The number of nitrogens with zero attached hydrogens (tertiary/aromatic N) is 1. The first-order valence-corrected chi connectivity index (χ1v) is 8.71. The number of rotatable bonds is 4. The van der Waals surface area contributed by atoms with Gasteiger partial charge in [0.05, 0.1) is 0 Å². The van der Waals surface area contributed by atoms with Gasteiger partial charge in [0.2, 0.25) is 0 Å². The molecule has 1 atom stereocenters. The van der Waals surface area contributed by atoms with Crippen LogP contribution in [0.15, 0.2) is 60.9 Å². The van der Waals surface area contributed by atoms with Crippen molar-refractivity contribution in [2.75, 3.05) is 0 Å². The minimum Gasteiger partial charge on any atom is -0.772 e. The molecule has 0 aliphatic heterocycles. The number of benzene rings is 2. The molecule has 3 rings (SSSR count). The molecule has 1 unspecified atom stereocenters. The second-order valence-corrected chi connectivity index (χ2v) is 6.52.